The summed E-state index contributed by atoms with van der Waals surface area (Å²) in [6.45, 7) is -1.28. The highest BCUT2D eigenvalue weighted by Gasteiger charge is 2.94. The molecule has 0 unspecified atom stereocenters. The van der Waals surface area contributed by atoms with Crippen molar-refractivity contribution in [3.63, 3.8) is 0 Å². The van der Waals surface area contributed by atoms with Gasteiger partial charge in [0.25, 0.3) is 5.91 Å². The summed E-state index contributed by atoms with van der Waals surface area (Å²) >= 11 is 0. The van der Waals surface area contributed by atoms with E-state index >= 15 is 0 Å². The van der Waals surface area contributed by atoms with E-state index < -0.39 is 77.5 Å². The van der Waals surface area contributed by atoms with Gasteiger partial charge in [0.1, 0.15) is 6.54 Å². The zero-order valence-electron chi connectivity index (χ0n) is 19.0. The lowest BCUT2D eigenvalue weighted by Gasteiger charge is -2.41. The second-order valence-corrected chi connectivity index (χ2v) is 7.58. The van der Waals surface area contributed by atoms with Gasteiger partial charge in [-0.05, 0) is 6.42 Å². The number of hydrogen-bond donors (Lipinski definition) is 0. The summed E-state index contributed by atoms with van der Waals surface area (Å²) in [5.41, 5.74) is 0. The molecule has 0 aliphatic carbocycles. The molecule has 0 radical (unpaired) electrons. The summed E-state index contributed by atoms with van der Waals surface area (Å²) in [7, 11) is 0.772. The fourth-order valence-electron chi connectivity index (χ4n) is 2.28. The first-order chi connectivity index (χ1) is 16.6. The van der Waals surface area contributed by atoms with E-state index in [0.717, 1.165) is 7.05 Å². The maximum absolute atomic E-state index is 14.0. The first-order valence-corrected chi connectivity index (χ1v) is 9.58. The highest BCUT2D eigenvalue weighted by Crippen LogP contribution is 2.62. The molecule has 38 heavy (non-hydrogen) atoms. The van der Waals surface area contributed by atoms with Gasteiger partial charge in [0, 0.05) is 14.1 Å². The average molecular weight is 598 g/mol. The van der Waals surface area contributed by atoms with Gasteiger partial charge >= 0.3 is 47.7 Å². The number of amides is 2. The second-order valence-electron chi connectivity index (χ2n) is 7.58. The molecule has 0 saturated heterocycles. The molecule has 0 aliphatic rings. The molecule has 2 amide bonds. The Balaban J connectivity index is 6.12. The van der Waals surface area contributed by atoms with Crippen molar-refractivity contribution in [3.8, 4) is 0 Å². The molecule has 0 saturated carbocycles. The van der Waals surface area contributed by atoms with E-state index in [2.05, 4.69) is 4.74 Å². The van der Waals surface area contributed by atoms with Crippen molar-refractivity contribution < 1.29 is 85.0 Å². The van der Waals surface area contributed by atoms with Crippen LogP contribution in [-0.4, -0.2) is 103 Å². The normalized spacial score (nSPS) is 14.3. The molecule has 0 bridgehead atoms. The number of hydrogen-bond acceptors (Lipinski definition) is 4. The standard InChI is InChI=1S/C17H17F15N2O4/c1-4-5-38-9(36)7-33(2)8(35)6-34(3)10(37)11(18,19)12(20,21)13(22,23)14(24,25)15(26,27)16(28,29)17(30,31)32/h4-7H2,1-3H3. The lowest BCUT2D eigenvalue weighted by molar-refractivity contribution is -0.449. The van der Waals surface area contributed by atoms with Gasteiger partial charge in [0.15, 0.2) is 0 Å². The van der Waals surface area contributed by atoms with E-state index in [1.807, 2.05) is 0 Å². The topological polar surface area (TPSA) is 66.9 Å². The zero-order valence-corrected chi connectivity index (χ0v) is 19.0. The third-order valence-electron chi connectivity index (χ3n) is 4.57. The molecule has 0 rings (SSSR count). The van der Waals surface area contributed by atoms with Crippen molar-refractivity contribution in [3.05, 3.63) is 0 Å². The summed E-state index contributed by atoms with van der Waals surface area (Å²) in [6, 6.07) is 0. The number of nitrogens with zero attached hydrogens (tertiary/aromatic N) is 2. The minimum Gasteiger partial charge on any atom is -0.464 e. The van der Waals surface area contributed by atoms with Gasteiger partial charge < -0.3 is 14.5 Å². The number of ether oxygens (including phenoxy) is 1. The Hall–Kier alpha value is -2.64. The Morgan fingerprint density at radius 1 is 0.605 bits per heavy atom. The van der Waals surface area contributed by atoms with Gasteiger partial charge in [-0.1, -0.05) is 6.92 Å². The first kappa shape index (κ1) is 35.4. The molecule has 0 fully saturated rings. The molecule has 0 aromatic heterocycles. The van der Waals surface area contributed by atoms with Crippen LogP contribution in [0.25, 0.3) is 0 Å². The van der Waals surface area contributed by atoms with E-state index in [1.165, 1.54) is 0 Å². The lowest BCUT2D eigenvalue weighted by Crippen LogP contribution is -2.74. The lowest BCUT2D eigenvalue weighted by atomic mass is 9.90. The molecule has 0 spiro atoms. The monoisotopic (exact) mass is 598 g/mol. The molecule has 224 valence electrons. The molecule has 6 nitrogen and oxygen atoms in total. The summed E-state index contributed by atoms with van der Waals surface area (Å²) in [4.78, 5) is 34.4. The summed E-state index contributed by atoms with van der Waals surface area (Å²) < 4.78 is 203. The minimum atomic E-state index is -8.54. The Morgan fingerprint density at radius 2 is 1.00 bits per heavy atom. The van der Waals surface area contributed by atoms with Crippen molar-refractivity contribution in [1.29, 1.82) is 0 Å². The SMILES string of the molecule is CCCOC(=O)CN(C)C(=O)CN(C)C(=O)C(F)(F)C(F)(F)C(F)(F)C(F)(F)C(F)(F)C(F)(F)C(F)(F)F. The summed E-state index contributed by atoms with van der Waals surface area (Å²) in [5.74, 6) is -55.1. The van der Waals surface area contributed by atoms with Gasteiger partial charge in [-0.2, -0.15) is 65.9 Å². The van der Waals surface area contributed by atoms with Crippen LogP contribution in [0.5, 0.6) is 0 Å². The molecular weight excluding hydrogens is 581 g/mol. The van der Waals surface area contributed by atoms with Gasteiger partial charge in [0.2, 0.25) is 5.91 Å². The fourth-order valence-corrected chi connectivity index (χ4v) is 2.28. The Kier molecular flexibility index (Phi) is 10.1. The minimum absolute atomic E-state index is 0.0101. The van der Waals surface area contributed by atoms with Gasteiger partial charge in [-0.15, -0.1) is 0 Å². The number of likely N-dealkylation sites (N-methyl/N-ethyl adjacent to an activating group) is 2. The third kappa shape index (κ3) is 5.84. The third-order valence-corrected chi connectivity index (χ3v) is 4.57. The molecular formula is C17H17F15N2O4. The van der Waals surface area contributed by atoms with Crippen LogP contribution >= 0.6 is 0 Å². The number of carbonyl (C=O) groups excluding carboxylic acids is 3. The highest BCUT2D eigenvalue weighted by atomic mass is 19.4. The van der Waals surface area contributed by atoms with Gasteiger partial charge in [-0.3, -0.25) is 14.4 Å². The van der Waals surface area contributed by atoms with Crippen LogP contribution in [0, 0.1) is 0 Å². The number of rotatable bonds is 12. The van der Waals surface area contributed by atoms with Crippen molar-refractivity contribution in [2.75, 3.05) is 33.8 Å². The maximum Gasteiger partial charge on any atom is 0.460 e. The van der Waals surface area contributed by atoms with Crippen molar-refractivity contribution >= 4 is 17.8 Å². The van der Waals surface area contributed by atoms with Crippen LogP contribution < -0.4 is 0 Å². The van der Waals surface area contributed by atoms with E-state index in [1.54, 1.807) is 6.92 Å². The van der Waals surface area contributed by atoms with Gasteiger partial charge in [0.05, 0.1) is 13.2 Å². The van der Waals surface area contributed by atoms with Crippen molar-refractivity contribution in [2.45, 2.75) is 55.1 Å². The van der Waals surface area contributed by atoms with Crippen LogP contribution in [0.3, 0.4) is 0 Å². The number of alkyl halides is 15. The van der Waals surface area contributed by atoms with Crippen LogP contribution in [0.2, 0.25) is 0 Å². The predicted octanol–water partition coefficient (Wildman–Crippen LogP) is 4.23. The predicted molar refractivity (Wildman–Crippen MR) is 92.3 cm³/mol. The summed E-state index contributed by atoms with van der Waals surface area (Å²) in [6.07, 6.45) is -7.44. The smallest absolute Gasteiger partial charge is 0.460 e. The maximum atomic E-state index is 14.0. The van der Waals surface area contributed by atoms with Crippen LogP contribution in [0.1, 0.15) is 13.3 Å². The van der Waals surface area contributed by atoms with Gasteiger partial charge in [-0.25, -0.2) is 0 Å². The van der Waals surface area contributed by atoms with E-state index in [-0.39, 0.29) is 13.7 Å². The number of carbonyl (C=O) groups is 3. The molecule has 0 N–H and O–H groups in total. The molecule has 21 heteroatoms. The van der Waals surface area contributed by atoms with E-state index in [9.17, 15) is 80.2 Å². The molecule has 0 atom stereocenters. The first-order valence-electron chi connectivity index (χ1n) is 9.58. The molecule has 0 aromatic rings. The Morgan fingerprint density at radius 3 is 1.39 bits per heavy atom. The number of esters is 1. The van der Waals surface area contributed by atoms with Crippen LogP contribution in [0.4, 0.5) is 65.9 Å². The van der Waals surface area contributed by atoms with Crippen LogP contribution in [0.15, 0.2) is 0 Å². The van der Waals surface area contributed by atoms with Crippen molar-refractivity contribution in [2.24, 2.45) is 0 Å². The summed E-state index contributed by atoms with van der Waals surface area (Å²) in [5, 5.41) is 0. The second kappa shape index (κ2) is 10.9. The highest BCUT2D eigenvalue weighted by molar-refractivity contribution is 5.90. The van der Waals surface area contributed by atoms with E-state index in [4.69, 9.17) is 0 Å². The zero-order chi connectivity index (χ0) is 30.9. The van der Waals surface area contributed by atoms with Crippen molar-refractivity contribution in [1.82, 2.24) is 9.80 Å². The Bertz CT molecular complexity index is 889. The molecule has 0 aliphatic heterocycles. The fraction of sp³-hybridized carbons (Fsp3) is 0.824. The largest absolute Gasteiger partial charge is 0.464 e. The average Bonchev–Trinajstić information content (AvgIpc) is 2.75. The van der Waals surface area contributed by atoms with Crippen LogP contribution in [-0.2, 0) is 19.1 Å². The molecule has 0 aromatic carbocycles. The van der Waals surface area contributed by atoms with E-state index in [0.29, 0.717) is 11.3 Å². The molecule has 0 heterocycles. The quantitative estimate of drug-likeness (QED) is 0.249. The Labute approximate surface area is 202 Å². The number of halogens is 15.